The first-order valence-electron chi connectivity index (χ1n) is 5.99. The fourth-order valence-electron chi connectivity index (χ4n) is 1.10. The van der Waals surface area contributed by atoms with Crippen LogP contribution in [0.2, 0.25) is 0 Å². The maximum absolute atomic E-state index is 11.7. The molecule has 0 rings (SSSR count). The Bertz CT molecular complexity index is 248. The van der Waals surface area contributed by atoms with Gasteiger partial charge in [0.2, 0.25) is 0 Å². The zero-order valence-electron chi connectivity index (χ0n) is 11.3. The van der Waals surface area contributed by atoms with Crippen LogP contribution in [0.1, 0.15) is 26.7 Å². The molecule has 116 valence electrons. The molecule has 4 nitrogen and oxygen atoms in total. The summed E-state index contributed by atoms with van der Waals surface area (Å²) >= 11 is 0. The molecular weight excluding hydrogens is 374 g/mol. The third-order valence-corrected chi connectivity index (χ3v) is 2.02. The van der Waals surface area contributed by atoms with Crippen molar-refractivity contribution < 1.29 is 17.9 Å². The van der Waals surface area contributed by atoms with Crippen LogP contribution >= 0.6 is 24.0 Å². The number of aliphatic imine (C=N–C) groups is 1. The molecular formula is C11H23F3IN3O. The van der Waals surface area contributed by atoms with Gasteiger partial charge in [0.25, 0.3) is 0 Å². The van der Waals surface area contributed by atoms with Gasteiger partial charge in [0.15, 0.2) is 5.96 Å². The maximum atomic E-state index is 11.7. The summed E-state index contributed by atoms with van der Waals surface area (Å²) in [6.45, 7) is 4.14. The first-order chi connectivity index (χ1) is 8.31. The maximum Gasteiger partial charge on any atom is 0.411 e. The smallest absolute Gasteiger partial charge is 0.372 e. The molecule has 0 radical (unpaired) electrons. The molecule has 0 aromatic carbocycles. The van der Waals surface area contributed by atoms with Crippen LogP contribution in [0.3, 0.4) is 0 Å². The van der Waals surface area contributed by atoms with Crippen LogP contribution in [0.15, 0.2) is 4.99 Å². The summed E-state index contributed by atoms with van der Waals surface area (Å²) in [5.74, 6) is 0.910. The van der Waals surface area contributed by atoms with Crippen molar-refractivity contribution in [2.24, 2.45) is 16.6 Å². The molecule has 0 saturated heterocycles. The van der Waals surface area contributed by atoms with Gasteiger partial charge >= 0.3 is 6.18 Å². The van der Waals surface area contributed by atoms with Crippen molar-refractivity contribution in [2.75, 3.05) is 26.3 Å². The van der Waals surface area contributed by atoms with Gasteiger partial charge < -0.3 is 15.8 Å². The van der Waals surface area contributed by atoms with Crippen LogP contribution in [0.4, 0.5) is 13.2 Å². The minimum Gasteiger partial charge on any atom is -0.372 e. The van der Waals surface area contributed by atoms with Crippen molar-refractivity contribution in [1.29, 1.82) is 0 Å². The quantitative estimate of drug-likeness (QED) is 0.287. The van der Waals surface area contributed by atoms with Crippen molar-refractivity contribution >= 4 is 29.9 Å². The Kier molecular flexibility index (Phi) is 12.8. The molecule has 0 bridgehead atoms. The Morgan fingerprint density at radius 3 is 2.53 bits per heavy atom. The average molecular weight is 397 g/mol. The van der Waals surface area contributed by atoms with E-state index in [1.807, 2.05) is 0 Å². The lowest BCUT2D eigenvalue weighted by Gasteiger charge is -2.08. The summed E-state index contributed by atoms with van der Waals surface area (Å²) in [5, 5.41) is 2.94. The van der Waals surface area contributed by atoms with Crippen LogP contribution in [-0.4, -0.2) is 38.4 Å². The largest absolute Gasteiger partial charge is 0.411 e. The predicted molar refractivity (Wildman–Crippen MR) is 80.9 cm³/mol. The minimum absolute atomic E-state index is 0. The molecule has 0 aliphatic carbocycles. The third-order valence-electron chi connectivity index (χ3n) is 2.02. The Balaban J connectivity index is 0. The number of ether oxygens (including phenoxy) is 1. The Morgan fingerprint density at radius 2 is 2.00 bits per heavy atom. The number of nitrogens with one attached hydrogen (secondary N) is 1. The normalized spacial score (nSPS) is 12.4. The number of nitrogens with zero attached hydrogens (tertiary/aromatic N) is 1. The highest BCUT2D eigenvalue weighted by molar-refractivity contribution is 14.0. The van der Waals surface area contributed by atoms with Gasteiger partial charge in [-0.1, -0.05) is 13.8 Å². The number of alkyl halides is 3. The van der Waals surface area contributed by atoms with E-state index in [0.29, 0.717) is 24.8 Å². The Labute approximate surface area is 129 Å². The molecule has 0 amide bonds. The second kappa shape index (κ2) is 11.6. The van der Waals surface area contributed by atoms with Crippen LogP contribution in [-0.2, 0) is 4.74 Å². The highest BCUT2D eigenvalue weighted by Crippen LogP contribution is 2.14. The number of guanidine groups is 1. The van der Waals surface area contributed by atoms with Crippen molar-refractivity contribution in [3.05, 3.63) is 0 Å². The van der Waals surface area contributed by atoms with E-state index in [1.54, 1.807) is 0 Å². The Hall–Kier alpha value is -0.250. The molecule has 0 saturated carbocycles. The van der Waals surface area contributed by atoms with Gasteiger partial charge in [-0.2, -0.15) is 13.2 Å². The van der Waals surface area contributed by atoms with Gasteiger partial charge in [0.05, 0.1) is 0 Å². The fourth-order valence-corrected chi connectivity index (χ4v) is 1.10. The van der Waals surface area contributed by atoms with Crippen LogP contribution in [0, 0.1) is 5.92 Å². The van der Waals surface area contributed by atoms with Gasteiger partial charge in [-0.05, 0) is 18.8 Å². The highest BCUT2D eigenvalue weighted by Gasteiger charge is 2.27. The zero-order valence-corrected chi connectivity index (χ0v) is 13.6. The number of rotatable bonds is 8. The molecule has 3 N–H and O–H groups in total. The molecule has 0 aromatic heterocycles. The molecule has 0 spiro atoms. The van der Waals surface area contributed by atoms with Crippen LogP contribution in [0.25, 0.3) is 0 Å². The van der Waals surface area contributed by atoms with Crippen molar-refractivity contribution in [3.8, 4) is 0 Å². The SMILES string of the molecule is CC(C)CCNC(N)=NCCCOCC(F)(F)F.I. The van der Waals surface area contributed by atoms with E-state index in [-0.39, 0.29) is 30.6 Å². The lowest BCUT2D eigenvalue weighted by atomic mass is 10.1. The lowest BCUT2D eigenvalue weighted by molar-refractivity contribution is -0.173. The molecule has 8 heteroatoms. The molecule has 0 unspecified atom stereocenters. The van der Waals surface area contributed by atoms with Gasteiger partial charge in [-0.3, -0.25) is 4.99 Å². The summed E-state index contributed by atoms with van der Waals surface area (Å²) in [5.41, 5.74) is 5.56. The summed E-state index contributed by atoms with van der Waals surface area (Å²) in [6, 6.07) is 0. The first-order valence-corrected chi connectivity index (χ1v) is 5.99. The lowest BCUT2D eigenvalue weighted by Crippen LogP contribution is -2.33. The summed E-state index contributed by atoms with van der Waals surface area (Å²) in [6.07, 6.45) is -2.85. The highest BCUT2D eigenvalue weighted by atomic mass is 127. The minimum atomic E-state index is -4.26. The van der Waals surface area contributed by atoms with E-state index in [1.165, 1.54) is 0 Å². The predicted octanol–water partition coefficient (Wildman–Crippen LogP) is 2.52. The second-order valence-corrected chi connectivity index (χ2v) is 4.40. The van der Waals surface area contributed by atoms with Crippen LogP contribution in [0.5, 0.6) is 0 Å². The summed E-state index contributed by atoms with van der Waals surface area (Å²) in [4.78, 5) is 3.98. The molecule has 19 heavy (non-hydrogen) atoms. The Morgan fingerprint density at radius 1 is 1.37 bits per heavy atom. The first kappa shape index (κ1) is 21.1. The van der Waals surface area contributed by atoms with Crippen molar-refractivity contribution in [3.63, 3.8) is 0 Å². The molecule has 0 aliphatic rings. The third kappa shape index (κ3) is 17.8. The molecule has 0 atom stereocenters. The van der Waals surface area contributed by atoms with E-state index in [2.05, 4.69) is 28.9 Å². The van der Waals surface area contributed by atoms with Gasteiger partial charge in [0.1, 0.15) is 6.61 Å². The standard InChI is InChI=1S/C11H22F3N3O.HI/c1-9(2)4-6-17-10(15)16-5-3-7-18-8-11(12,13)14;/h9H,3-8H2,1-2H3,(H3,15,16,17);1H. The molecule has 0 aromatic rings. The van der Waals surface area contributed by atoms with Gasteiger partial charge in [-0.25, -0.2) is 0 Å². The molecule has 0 aliphatic heterocycles. The van der Waals surface area contributed by atoms with Gasteiger partial charge in [-0.15, -0.1) is 24.0 Å². The zero-order chi connectivity index (χ0) is 14.0. The topological polar surface area (TPSA) is 59.6 Å². The molecule has 0 heterocycles. The monoisotopic (exact) mass is 397 g/mol. The fraction of sp³-hybridized carbons (Fsp3) is 0.909. The number of hydrogen-bond donors (Lipinski definition) is 2. The summed E-state index contributed by atoms with van der Waals surface area (Å²) < 4.78 is 39.6. The number of nitrogens with two attached hydrogens (primary N) is 1. The molecule has 0 fully saturated rings. The van der Waals surface area contributed by atoms with E-state index in [9.17, 15) is 13.2 Å². The number of halogens is 4. The van der Waals surface area contributed by atoms with Crippen LogP contribution < -0.4 is 11.1 Å². The summed E-state index contributed by atoms with van der Waals surface area (Å²) in [7, 11) is 0. The van der Waals surface area contributed by atoms with E-state index >= 15 is 0 Å². The number of hydrogen-bond acceptors (Lipinski definition) is 2. The van der Waals surface area contributed by atoms with E-state index in [0.717, 1.165) is 13.0 Å². The van der Waals surface area contributed by atoms with Gasteiger partial charge in [0, 0.05) is 19.7 Å². The van der Waals surface area contributed by atoms with Crippen molar-refractivity contribution in [2.45, 2.75) is 32.9 Å². The van der Waals surface area contributed by atoms with Crippen molar-refractivity contribution in [1.82, 2.24) is 5.32 Å². The average Bonchev–Trinajstić information content (AvgIpc) is 2.21. The van der Waals surface area contributed by atoms with E-state index < -0.39 is 12.8 Å². The second-order valence-electron chi connectivity index (χ2n) is 4.40. The van der Waals surface area contributed by atoms with E-state index in [4.69, 9.17) is 5.73 Å².